The maximum absolute atomic E-state index is 13.4. The molecule has 10 nitrogen and oxygen atoms in total. The number of benzene rings is 3. The second kappa shape index (κ2) is 13.3. The molecular weight excluding hydrogens is 538 g/mol. The highest BCUT2D eigenvalue weighted by Gasteiger charge is 2.22. The standard InChI is InChI=1S/C30H39N7O3S/c1-18-12-13-20(28(38)35-22-15-21(30(2,3)4)16-23(36-41-6)26(22)40-5)14-24(18)37(33)27(32)25(31)29(39)34-17-19-10-8-7-9-11-19/h7-16,36H,17,31-33H2,1-6H3,(H,34,39)(H,35,38)/b27-25-. The summed E-state index contributed by atoms with van der Waals surface area (Å²) in [6.45, 7) is 8.37. The number of hydrogen-bond donors (Lipinski definition) is 6. The van der Waals surface area contributed by atoms with Crippen molar-refractivity contribution in [2.24, 2.45) is 17.3 Å². The highest BCUT2D eigenvalue weighted by molar-refractivity contribution is 7.99. The van der Waals surface area contributed by atoms with Gasteiger partial charge in [0.25, 0.3) is 11.8 Å². The van der Waals surface area contributed by atoms with E-state index in [0.717, 1.165) is 27.4 Å². The van der Waals surface area contributed by atoms with E-state index in [1.165, 1.54) is 11.9 Å². The highest BCUT2D eigenvalue weighted by Crippen LogP contribution is 2.39. The number of aryl methyl sites for hydroxylation is 1. The molecule has 41 heavy (non-hydrogen) atoms. The van der Waals surface area contributed by atoms with Gasteiger partial charge in [0, 0.05) is 18.4 Å². The van der Waals surface area contributed by atoms with E-state index in [0.29, 0.717) is 22.7 Å². The van der Waals surface area contributed by atoms with Crippen molar-refractivity contribution in [3.8, 4) is 5.75 Å². The third-order valence-corrected chi connectivity index (χ3v) is 6.85. The van der Waals surface area contributed by atoms with E-state index >= 15 is 0 Å². The third-order valence-electron chi connectivity index (χ3n) is 6.43. The summed E-state index contributed by atoms with van der Waals surface area (Å²) in [5.41, 5.74) is 16.5. The van der Waals surface area contributed by atoms with Gasteiger partial charge in [-0.1, -0.05) is 69.1 Å². The molecule has 0 heterocycles. The molecule has 0 bridgehead atoms. The largest absolute Gasteiger partial charge is 0.492 e. The summed E-state index contributed by atoms with van der Waals surface area (Å²) >= 11 is 1.43. The average molecular weight is 578 g/mol. The van der Waals surface area contributed by atoms with E-state index in [1.54, 1.807) is 25.3 Å². The lowest BCUT2D eigenvalue weighted by Gasteiger charge is -2.24. The fraction of sp³-hybridized carbons (Fsp3) is 0.267. The molecular formula is C30H39N7O3S. The van der Waals surface area contributed by atoms with Gasteiger partial charge in [-0.05, 0) is 53.3 Å². The minimum Gasteiger partial charge on any atom is -0.492 e. The first-order valence-electron chi connectivity index (χ1n) is 12.9. The first kappa shape index (κ1) is 31.2. The van der Waals surface area contributed by atoms with E-state index < -0.39 is 5.91 Å². The zero-order chi connectivity index (χ0) is 30.3. The zero-order valence-electron chi connectivity index (χ0n) is 24.3. The van der Waals surface area contributed by atoms with Gasteiger partial charge < -0.3 is 31.6 Å². The molecule has 0 radical (unpaired) electrons. The predicted octanol–water partition coefficient (Wildman–Crippen LogP) is 4.33. The van der Waals surface area contributed by atoms with E-state index in [9.17, 15) is 9.59 Å². The van der Waals surface area contributed by atoms with Crippen molar-refractivity contribution < 1.29 is 14.3 Å². The number of nitrogens with one attached hydrogen (secondary N) is 3. The van der Waals surface area contributed by atoms with Gasteiger partial charge in [-0.2, -0.15) is 0 Å². The Morgan fingerprint density at radius 2 is 1.66 bits per heavy atom. The summed E-state index contributed by atoms with van der Waals surface area (Å²) in [4.78, 5) is 26.1. The molecule has 0 fully saturated rings. The normalized spacial score (nSPS) is 11.8. The number of nitrogens with two attached hydrogens (primary N) is 3. The lowest BCUT2D eigenvalue weighted by molar-refractivity contribution is -0.117. The summed E-state index contributed by atoms with van der Waals surface area (Å²) < 4.78 is 8.88. The number of amides is 2. The second-order valence-corrected chi connectivity index (χ2v) is 11.1. The maximum Gasteiger partial charge on any atom is 0.271 e. The number of ether oxygens (including phenoxy) is 1. The van der Waals surface area contributed by atoms with Crippen LogP contribution < -0.4 is 42.4 Å². The van der Waals surface area contributed by atoms with Crippen LogP contribution >= 0.6 is 11.9 Å². The lowest BCUT2D eigenvalue weighted by atomic mass is 9.86. The molecule has 0 aliphatic carbocycles. The van der Waals surface area contributed by atoms with Gasteiger partial charge in [-0.25, -0.2) is 5.84 Å². The van der Waals surface area contributed by atoms with Gasteiger partial charge in [0.2, 0.25) is 0 Å². The van der Waals surface area contributed by atoms with Crippen LogP contribution in [0.3, 0.4) is 0 Å². The van der Waals surface area contributed by atoms with Crippen LogP contribution in [-0.4, -0.2) is 25.2 Å². The van der Waals surface area contributed by atoms with Crippen LogP contribution in [0.4, 0.5) is 17.1 Å². The second-order valence-electron chi connectivity index (χ2n) is 10.5. The smallest absolute Gasteiger partial charge is 0.271 e. The van der Waals surface area contributed by atoms with Gasteiger partial charge in [-0.15, -0.1) is 0 Å². The van der Waals surface area contributed by atoms with Crippen molar-refractivity contribution in [1.82, 2.24) is 5.32 Å². The molecule has 2 amide bonds. The van der Waals surface area contributed by atoms with E-state index in [1.807, 2.05) is 55.6 Å². The van der Waals surface area contributed by atoms with Crippen LogP contribution in [0.5, 0.6) is 5.75 Å². The van der Waals surface area contributed by atoms with Crippen molar-refractivity contribution in [2.75, 3.05) is 28.4 Å². The van der Waals surface area contributed by atoms with E-state index in [2.05, 4.69) is 36.1 Å². The molecule has 0 saturated heterocycles. The Morgan fingerprint density at radius 1 is 1.00 bits per heavy atom. The van der Waals surface area contributed by atoms with Crippen LogP contribution in [0.15, 0.2) is 72.2 Å². The average Bonchev–Trinajstić information content (AvgIpc) is 2.95. The summed E-state index contributed by atoms with van der Waals surface area (Å²) in [5.74, 6) is 5.72. The number of methoxy groups -OCH3 is 1. The molecule has 0 unspecified atom stereocenters. The third kappa shape index (κ3) is 7.65. The molecule has 0 spiro atoms. The van der Waals surface area contributed by atoms with Crippen molar-refractivity contribution in [3.63, 3.8) is 0 Å². The fourth-order valence-corrected chi connectivity index (χ4v) is 4.39. The topological polar surface area (TPSA) is 161 Å². The van der Waals surface area contributed by atoms with Gasteiger partial charge in [-0.3, -0.25) is 14.6 Å². The zero-order valence-corrected chi connectivity index (χ0v) is 25.1. The number of carbonyl (C=O) groups excluding carboxylic acids is 2. The molecule has 218 valence electrons. The Hall–Kier alpha value is -4.35. The summed E-state index contributed by atoms with van der Waals surface area (Å²) in [6.07, 6.45) is 1.91. The molecule has 0 aliphatic heterocycles. The Morgan fingerprint density at radius 3 is 2.27 bits per heavy atom. The first-order chi connectivity index (χ1) is 19.4. The van der Waals surface area contributed by atoms with Gasteiger partial charge >= 0.3 is 0 Å². The summed E-state index contributed by atoms with van der Waals surface area (Å²) in [6, 6.07) is 18.3. The van der Waals surface area contributed by atoms with Gasteiger partial charge in [0.15, 0.2) is 5.75 Å². The molecule has 11 heteroatoms. The van der Waals surface area contributed by atoms with Crippen LogP contribution in [0.2, 0.25) is 0 Å². The Kier molecular flexibility index (Phi) is 10.1. The van der Waals surface area contributed by atoms with Crippen LogP contribution in [-0.2, 0) is 16.8 Å². The van der Waals surface area contributed by atoms with Gasteiger partial charge in [0.1, 0.15) is 11.5 Å². The number of hydrogen-bond acceptors (Lipinski definition) is 9. The minimum absolute atomic E-state index is 0.149. The van der Waals surface area contributed by atoms with Crippen molar-refractivity contribution >= 4 is 40.8 Å². The van der Waals surface area contributed by atoms with Crippen LogP contribution in [0.25, 0.3) is 0 Å². The predicted molar refractivity (Wildman–Crippen MR) is 168 cm³/mol. The summed E-state index contributed by atoms with van der Waals surface area (Å²) in [7, 11) is 1.55. The Labute approximate surface area is 245 Å². The molecule has 3 aromatic rings. The fourth-order valence-electron chi connectivity index (χ4n) is 4.01. The molecule has 9 N–H and O–H groups in total. The Bertz CT molecular complexity index is 1440. The lowest BCUT2D eigenvalue weighted by Crippen LogP contribution is -2.41. The number of carbonyl (C=O) groups is 2. The van der Waals surface area contributed by atoms with Crippen molar-refractivity contribution in [2.45, 2.75) is 39.7 Å². The maximum atomic E-state index is 13.4. The van der Waals surface area contributed by atoms with Gasteiger partial charge in [0.05, 0.1) is 24.2 Å². The number of rotatable bonds is 10. The molecule has 0 aliphatic rings. The quantitative estimate of drug-likeness (QED) is 0.0892. The number of hydrazine groups is 1. The highest BCUT2D eigenvalue weighted by atomic mass is 32.2. The monoisotopic (exact) mass is 577 g/mol. The number of anilines is 3. The van der Waals surface area contributed by atoms with Crippen LogP contribution in [0, 0.1) is 6.92 Å². The molecule has 3 rings (SSSR count). The summed E-state index contributed by atoms with van der Waals surface area (Å²) in [5, 5.41) is 6.80. The first-order valence-corrected chi connectivity index (χ1v) is 14.2. The van der Waals surface area contributed by atoms with E-state index in [4.69, 9.17) is 22.0 Å². The Balaban J connectivity index is 1.88. The SMILES string of the molecule is COc1c(NSC)cc(C(C)(C)C)cc1NC(=O)c1ccc(C)c(N(N)/C(N)=C(\N)C(=O)NCc2ccccc2)c1. The van der Waals surface area contributed by atoms with Crippen molar-refractivity contribution in [3.05, 3.63) is 94.4 Å². The molecule has 3 aromatic carbocycles. The molecule has 0 atom stereocenters. The van der Waals surface area contributed by atoms with E-state index in [-0.39, 0.29) is 29.4 Å². The molecule has 0 aromatic heterocycles. The van der Waals surface area contributed by atoms with Crippen molar-refractivity contribution in [1.29, 1.82) is 0 Å². The minimum atomic E-state index is -0.561. The van der Waals surface area contributed by atoms with Crippen LogP contribution in [0.1, 0.15) is 47.8 Å². The molecule has 0 saturated carbocycles. The number of nitrogens with zero attached hydrogens (tertiary/aromatic N) is 1.